The van der Waals surface area contributed by atoms with Crippen molar-refractivity contribution in [3.8, 4) is 0 Å². The zero-order valence-electron chi connectivity index (χ0n) is 8.84. The van der Waals surface area contributed by atoms with Crippen LogP contribution >= 0.6 is 0 Å². The van der Waals surface area contributed by atoms with E-state index in [1.165, 1.54) is 0 Å². The lowest BCUT2D eigenvalue weighted by molar-refractivity contribution is -0.113. The van der Waals surface area contributed by atoms with Crippen molar-refractivity contribution in [1.29, 1.82) is 0 Å². The molecule has 1 aromatic carbocycles. The molecular formula is C11H14N2O3. The van der Waals surface area contributed by atoms with Crippen LogP contribution in [0, 0.1) is 6.92 Å². The molecule has 0 radical (unpaired) electrons. The van der Waals surface area contributed by atoms with Gasteiger partial charge in [0.1, 0.15) is 6.23 Å². The summed E-state index contributed by atoms with van der Waals surface area (Å²) < 4.78 is 0. The highest BCUT2D eigenvalue weighted by Crippen LogP contribution is 2.10. The molecule has 0 heterocycles. The van der Waals surface area contributed by atoms with E-state index in [2.05, 4.69) is 5.32 Å². The van der Waals surface area contributed by atoms with Crippen LogP contribution in [0.5, 0.6) is 0 Å². The molecule has 5 nitrogen and oxygen atoms in total. The van der Waals surface area contributed by atoms with Crippen molar-refractivity contribution in [2.45, 2.75) is 13.2 Å². The highest BCUT2D eigenvalue weighted by atomic mass is 16.3. The molecule has 1 rings (SSSR count). The minimum Gasteiger partial charge on any atom is -0.515 e. The van der Waals surface area contributed by atoms with Gasteiger partial charge in [0.15, 0.2) is 0 Å². The van der Waals surface area contributed by atoms with E-state index < -0.39 is 12.1 Å². The summed E-state index contributed by atoms with van der Waals surface area (Å²) in [6, 6.07) is 7.09. The lowest BCUT2D eigenvalue weighted by Gasteiger charge is -2.09. The number of hydrogen-bond acceptors (Lipinski definition) is 4. The SMILES string of the molecule is Cc1ccc(NC(=O)/C(=C\O)C(N)O)cc1. The van der Waals surface area contributed by atoms with Crippen LogP contribution in [0.2, 0.25) is 0 Å². The molecule has 16 heavy (non-hydrogen) atoms. The second-order valence-corrected chi connectivity index (χ2v) is 3.35. The molecule has 86 valence electrons. The Bertz CT molecular complexity index is 396. The second-order valence-electron chi connectivity index (χ2n) is 3.35. The van der Waals surface area contributed by atoms with Gasteiger partial charge in [0, 0.05) is 5.69 Å². The Morgan fingerprint density at radius 2 is 2.00 bits per heavy atom. The van der Waals surface area contributed by atoms with Gasteiger partial charge in [-0.25, -0.2) is 0 Å². The number of benzene rings is 1. The fourth-order valence-electron chi connectivity index (χ4n) is 1.11. The second kappa shape index (κ2) is 5.29. The average Bonchev–Trinajstić information content (AvgIpc) is 2.22. The Morgan fingerprint density at radius 3 is 2.44 bits per heavy atom. The number of anilines is 1. The van der Waals surface area contributed by atoms with E-state index in [0.29, 0.717) is 11.9 Å². The fourth-order valence-corrected chi connectivity index (χ4v) is 1.11. The summed E-state index contributed by atoms with van der Waals surface area (Å²) in [5.41, 5.74) is 6.43. The monoisotopic (exact) mass is 222 g/mol. The van der Waals surface area contributed by atoms with E-state index in [9.17, 15) is 4.79 Å². The molecule has 0 saturated heterocycles. The van der Waals surface area contributed by atoms with Gasteiger partial charge in [-0.15, -0.1) is 0 Å². The summed E-state index contributed by atoms with van der Waals surface area (Å²) >= 11 is 0. The van der Waals surface area contributed by atoms with Crippen molar-refractivity contribution >= 4 is 11.6 Å². The number of nitrogens with two attached hydrogens (primary N) is 1. The topological polar surface area (TPSA) is 95.6 Å². The number of amides is 1. The average molecular weight is 222 g/mol. The number of aliphatic hydroxyl groups is 2. The molecule has 0 aliphatic heterocycles. The molecular weight excluding hydrogens is 208 g/mol. The maximum Gasteiger partial charge on any atom is 0.258 e. The minimum atomic E-state index is -1.50. The Morgan fingerprint density at radius 1 is 1.44 bits per heavy atom. The van der Waals surface area contributed by atoms with Gasteiger partial charge in [-0.2, -0.15) is 0 Å². The van der Waals surface area contributed by atoms with Gasteiger partial charge in [0.25, 0.3) is 5.91 Å². The third-order valence-electron chi connectivity index (χ3n) is 2.03. The normalized spacial score (nSPS) is 13.3. The first-order valence-electron chi connectivity index (χ1n) is 4.70. The predicted molar refractivity (Wildman–Crippen MR) is 60.7 cm³/mol. The van der Waals surface area contributed by atoms with Crippen molar-refractivity contribution in [2.24, 2.45) is 5.73 Å². The minimum absolute atomic E-state index is 0.291. The smallest absolute Gasteiger partial charge is 0.258 e. The molecule has 0 aliphatic carbocycles. The van der Waals surface area contributed by atoms with Gasteiger partial charge in [-0.05, 0) is 19.1 Å². The fraction of sp³-hybridized carbons (Fsp3) is 0.182. The lowest BCUT2D eigenvalue weighted by atomic mass is 10.2. The van der Waals surface area contributed by atoms with Gasteiger partial charge in [-0.1, -0.05) is 17.7 Å². The van der Waals surface area contributed by atoms with E-state index in [1.807, 2.05) is 19.1 Å². The highest BCUT2D eigenvalue weighted by Gasteiger charge is 2.15. The lowest BCUT2D eigenvalue weighted by Crippen LogP contribution is -2.30. The van der Waals surface area contributed by atoms with Gasteiger partial charge in [-0.3, -0.25) is 4.79 Å². The molecule has 1 unspecified atom stereocenters. The number of carbonyl (C=O) groups is 1. The Balaban J connectivity index is 2.75. The molecule has 1 amide bonds. The van der Waals surface area contributed by atoms with Gasteiger partial charge in [0.05, 0.1) is 11.8 Å². The summed E-state index contributed by atoms with van der Waals surface area (Å²) in [6.07, 6.45) is -1.01. The van der Waals surface area contributed by atoms with Crippen molar-refractivity contribution in [3.63, 3.8) is 0 Å². The van der Waals surface area contributed by atoms with Crippen LogP contribution in [0.15, 0.2) is 36.1 Å². The Labute approximate surface area is 93.2 Å². The standard InChI is InChI=1S/C11H14N2O3/c1-7-2-4-8(5-3-7)13-11(16)9(6-14)10(12)15/h2-6,10,14-15H,12H2,1H3,(H,13,16)/b9-6-. The predicted octanol–water partition coefficient (Wildman–Crippen LogP) is 0.653. The van der Waals surface area contributed by atoms with Crippen LogP contribution < -0.4 is 11.1 Å². The summed E-state index contributed by atoms with van der Waals surface area (Å²) in [4.78, 5) is 11.5. The summed E-state index contributed by atoms with van der Waals surface area (Å²) in [6.45, 7) is 1.92. The first-order valence-corrected chi connectivity index (χ1v) is 4.70. The van der Waals surface area contributed by atoms with E-state index in [-0.39, 0.29) is 5.57 Å². The first kappa shape index (κ1) is 12.2. The third kappa shape index (κ3) is 3.08. The van der Waals surface area contributed by atoms with Crippen LogP contribution in [0.3, 0.4) is 0 Å². The molecule has 0 fully saturated rings. The van der Waals surface area contributed by atoms with Gasteiger partial charge in [0.2, 0.25) is 0 Å². The molecule has 0 aliphatic rings. The number of rotatable bonds is 3. The van der Waals surface area contributed by atoms with Crippen molar-refractivity contribution < 1.29 is 15.0 Å². The van der Waals surface area contributed by atoms with Crippen LogP contribution in [-0.2, 0) is 4.79 Å². The Hall–Kier alpha value is -1.85. The Kier molecular flexibility index (Phi) is 4.04. The van der Waals surface area contributed by atoms with Gasteiger partial charge < -0.3 is 21.3 Å². The first-order chi connectivity index (χ1) is 7.54. The quantitative estimate of drug-likeness (QED) is 0.343. The van der Waals surface area contributed by atoms with Crippen molar-refractivity contribution in [3.05, 3.63) is 41.7 Å². The molecule has 0 aromatic heterocycles. The highest BCUT2D eigenvalue weighted by molar-refractivity contribution is 6.04. The van der Waals surface area contributed by atoms with Crippen LogP contribution in [0.25, 0.3) is 0 Å². The summed E-state index contributed by atoms with van der Waals surface area (Å²) in [5.74, 6) is -0.638. The summed E-state index contributed by atoms with van der Waals surface area (Å²) in [7, 11) is 0. The third-order valence-corrected chi connectivity index (χ3v) is 2.03. The maximum absolute atomic E-state index is 11.5. The number of hydrogen-bond donors (Lipinski definition) is 4. The molecule has 0 bridgehead atoms. The molecule has 5 heteroatoms. The van der Waals surface area contributed by atoms with Crippen LogP contribution in [-0.4, -0.2) is 22.3 Å². The zero-order valence-corrected chi connectivity index (χ0v) is 8.84. The number of aliphatic hydroxyl groups excluding tert-OH is 2. The number of carbonyl (C=O) groups excluding carboxylic acids is 1. The van der Waals surface area contributed by atoms with Crippen LogP contribution in [0.1, 0.15) is 5.56 Å². The molecule has 0 saturated carbocycles. The maximum atomic E-state index is 11.5. The van der Waals surface area contributed by atoms with E-state index in [1.54, 1.807) is 12.1 Å². The number of nitrogens with one attached hydrogen (secondary N) is 1. The molecule has 1 aromatic rings. The molecule has 5 N–H and O–H groups in total. The van der Waals surface area contributed by atoms with E-state index in [4.69, 9.17) is 15.9 Å². The van der Waals surface area contributed by atoms with Crippen LogP contribution in [0.4, 0.5) is 5.69 Å². The largest absolute Gasteiger partial charge is 0.515 e. The van der Waals surface area contributed by atoms with E-state index in [0.717, 1.165) is 5.56 Å². The number of aryl methyl sites for hydroxylation is 1. The zero-order chi connectivity index (χ0) is 12.1. The van der Waals surface area contributed by atoms with Crippen molar-refractivity contribution in [2.75, 3.05) is 5.32 Å². The summed E-state index contributed by atoms with van der Waals surface area (Å²) in [5, 5.41) is 20.2. The van der Waals surface area contributed by atoms with Gasteiger partial charge >= 0.3 is 0 Å². The van der Waals surface area contributed by atoms with Crippen molar-refractivity contribution in [1.82, 2.24) is 0 Å². The molecule has 0 spiro atoms. The van der Waals surface area contributed by atoms with E-state index >= 15 is 0 Å². The molecule has 1 atom stereocenters.